The minimum absolute atomic E-state index is 0. The van der Waals surface area contributed by atoms with Crippen molar-refractivity contribution in [1.29, 1.82) is 0 Å². The van der Waals surface area contributed by atoms with Gasteiger partial charge in [0.05, 0.1) is 13.1 Å². The molecule has 0 aromatic heterocycles. The van der Waals surface area contributed by atoms with Crippen LogP contribution in [0.4, 0.5) is 5.69 Å². The monoisotopic (exact) mass is 504 g/mol. The molecule has 1 amide bonds. The van der Waals surface area contributed by atoms with Crippen molar-refractivity contribution in [3.8, 4) is 5.75 Å². The molecule has 0 aliphatic carbocycles. The van der Waals surface area contributed by atoms with Gasteiger partial charge in [0.25, 0.3) is 0 Å². The standard InChI is InChI=1S/C19H28N4O2S.HI/c1-2-20-19(22-13-16-4-3-11-26-16)21-9-10-25-15-6-7-17-14(12-15)5-8-18(24)23-17;/h6-7,12,16H,2-5,8-11,13H2,1H3,(H,23,24)(H2,20,21,22);1H. The van der Waals surface area contributed by atoms with Gasteiger partial charge in [0.2, 0.25) is 5.91 Å². The number of benzene rings is 1. The molecule has 0 bridgehead atoms. The van der Waals surface area contributed by atoms with Crippen LogP contribution in [0, 0.1) is 0 Å². The summed E-state index contributed by atoms with van der Waals surface area (Å²) in [4.78, 5) is 16.1. The van der Waals surface area contributed by atoms with Gasteiger partial charge >= 0.3 is 0 Å². The van der Waals surface area contributed by atoms with Crippen molar-refractivity contribution in [2.75, 3.05) is 37.3 Å². The molecule has 0 saturated carbocycles. The number of ether oxygens (including phenoxy) is 1. The van der Waals surface area contributed by atoms with E-state index in [-0.39, 0.29) is 29.9 Å². The third kappa shape index (κ3) is 7.06. The SMILES string of the molecule is CCNC(=NCC1CCCS1)NCCOc1ccc2c(c1)CCC(=O)N2.I. The van der Waals surface area contributed by atoms with Crippen molar-refractivity contribution < 1.29 is 9.53 Å². The number of rotatable bonds is 7. The maximum Gasteiger partial charge on any atom is 0.224 e. The number of nitrogens with zero attached hydrogens (tertiary/aromatic N) is 1. The predicted molar refractivity (Wildman–Crippen MR) is 124 cm³/mol. The Hall–Kier alpha value is -1.16. The summed E-state index contributed by atoms with van der Waals surface area (Å²) in [5.74, 6) is 3.05. The van der Waals surface area contributed by atoms with E-state index < -0.39 is 0 Å². The van der Waals surface area contributed by atoms with Gasteiger partial charge in [-0.05, 0) is 55.7 Å². The van der Waals surface area contributed by atoms with E-state index in [0.29, 0.717) is 24.8 Å². The van der Waals surface area contributed by atoms with Crippen LogP contribution in [0.1, 0.15) is 31.7 Å². The third-order valence-corrected chi connectivity index (χ3v) is 5.84. The van der Waals surface area contributed by atoms with Crippen LogP contribution in [0.25, 0.3) is 0 Å². The highest BCUT2D eigenvalue weighted by molar-refractivity contribution is 14.0. The maximum atomic E-state index is 11.4. The van der Waals surface area contributed by atoms with Crippen molar-refractivity contribution in [2.45, 2.75) is 37.9 Å². The number of aliphatic imine (C=N–C) groups is 1. The second-order valence-electron chi connectivity index (χ2n) is 6.50. The lowest BCUT2D eigenvalue weighted by atomic mass is 10.0. The molecule has 1 saturated heterocycles. The average molecular weight is 504 g/mol. The molecule has 1 aromatic rings. The number of guanidine groups is 1. The fraction of sp³-hybridized carbons (Fsp3) is 0.579. The summed E-state index contributed by atoms with van der Waals surface area (Å²) in [5, 5.41) is 10.2. The van der Waals surface area contributed by atoms with E-state index in [1.165, 1.54) is 18.6 Å². The van der Waals surface area contributed by atoms with Gasteiger partial charge in [-0.15, -0.1) is 24.0 Å². The van der Waals surface area contributed by atoms with Crippen molar-refractivity contribution in [3.05, 3.63) is 23.8 Å². The molecular formula is C19H29IN4O2S. The predicted octanol–water partition coefficient (Wildman–Crippen LogP) is 3.02. The zero-order valence-corrected chi connectivity index (χ0v) is 18.9. The highest BCUT2D eigenvalue weighted by Crippen LogP contribution is 2.27. The number of carbonyl (C=O) groups excluding carboxylic acids is 1. The van der Waals surface area contributed by atoms with E-state index in [1.807, 2.05) is 30.0 Å². The number of amides is 1. The normalized spacial score (nSPS) is 18.9. The van der Waals surface area contributed by atoms with Crippen LogP contribution in [-0.2, 0) is 11.2 Å². The number of halogens is 1. The first kappa shape index (κ1) is 22.1. The Morgan fingerprint density at radius 1 is 1.37 bits per heavy atom. The summed E-state index contributed by atoms with van der Waals surface area (Å²) in [6.07, 6.45) is 3.90. The Labute approximate surface area is 182 Å². The maximum absolute atomic E-state index is 11.4. The molecule has 150 valence electrons. The van der Waals surface area contributed by atoms with E-state index >= 15 is 0 Å². The van der Waals surface area contributed by atoms with Crippen molar-refractivity contribution in [1.82, 2.24) is 10.6 Å². The van der Waals surface area contributed by atoms with E-state index in [1.54, 1.807) is 0 Å². The molecule has 6 nitrogen and oxygen atoms in total. The molecule has 2 aliphatic rings. The van der Waals surface area contributed by atoms with E-state index in [9.17, 15) is 4.79 Å². The van der Waals surface area contributed by atoms with Crippen LogP contribution in [-0.4, -0.2) is 49.1 Å². The van der Waals surface area contributed by atoms with E-state index in [2.05, 4.69) is 27.9 Å². The Kier molecular flexibility index (Phi) is 9.53. The molecule has 1 atom stereocenters. The van der Waals surface area contributed by atoms with Crippen LogP contribution >= 0.6 is 35.7 Å². The number of aryl methyl sites for hydroxylation is 1. The Balaban J connectivity index is 0.00000261. The lowest BCUT2D eigenvalue weighted by Gasteiger charge is -2.18. The molecule has 3 N–H and O–H groups in total. The van der Waals surface area contributed by atoms with Gasteiger partial charge in [-0.3, -0.25) is 9.79 Å². The van der Waals surface area contributed by atoms with Crippen LogP contribution in [0.5, 0.6) is 5.75 Å². The topological polar surface area (TPSA) is 74.8 Å². The average Bonchev–Trinajstić information content (AvgIpc) is 3.16. The molecule has 3 rings (SSSR count). The largest absolute Gasteiger partial charge is 0.492 e. The first-order chi connectivity index (χ1) is 12.7. The summed E-state index contributed by atoms with van der Waals surface area (Å²) in [5.41, 5.74) is 2.04. The summed E-state index contributed by atoms with van der Waals surface area (Å²) < 4.78 is 5.84. The number of thioether (sulfide) groups is 1. The van der Waals surface area contributed by atoms with Crippen LogP contribution in [0.3, 0.4) is 0 Å². The lowest BCUT2D eigenvalue weighted by Crippen LogP contribution is -2.39. The van der Waals surface area contributed by atoms with Gasteiger partial charge in [0, 0.05) is 23.9 Å². The lowest BCUT2D eigenvalue weighted by molar-refractivity contribution is -0.116. The van der Waals surface area contributed by atoms with Crippen molar-refractivity contribution >= 4 is 53.3 Å². The zero-order chi connectivity index (χ0) is 18.2. The summed E-state index contributed by atoms with van der Waals surface area (Å²) in [6.45, 7) is 5.05. The second kappa shape index (κ2) is 11.6. The first-order valence-electron chi connectivity index (χ1n) is 9.44. The van der Waals surface area contributed by atoms with Crippen LogP contribution in [0.2, 0.25) is 0 Å². The summed E-state index contributed by atoms with van der Waals surface area (Å²) in [6, 6.07) is 5.84. The quantitative estimate of drug-likeness (QED) is 0.231. The van der Waals surface area contributed by atoms with E-state index in [0.717, 1.165) is 42.5 Å². The fourth-order valence-corrected chi connectivity index (χ4v) is 4.29. The van der Waals surface area contributed by atoms with Gasteiger partial charge in [0.15, 0.2) is 5.96 Å². The Morgan fingerprint density at radius 2 is 2.26 bits per heavy atom. The van der Waals surface area contributed by atoms with Gasteiger partial charge in [-0.2, -0.15) is 11.8 Å². The first-order valence-corrected chi connectivity index (χ1v) is 10.5. The van der Waals surface area contributed by atoms with Gasteiger partial charge in [-0.1, -0.05) is 0 Å². The highest BCUT2D eigenvalue weighted by Gasteiger charge is 2.16. The third-order valence-electron chi connectivity index (χ3n) is 4.46. The second-order valence-corrected chi connectivity index (χ2v) is 7.91. The zero-order valence-electron chi connectivity index (χ0n) is 15.8. The number of nitrogens with one attached hydrogen (secondary N) is 3. The molecule has 2 heterocycles. The van der Waals surface area contributed by atoms with Crippen LogP contribution in [0.15, 0.2) is 23.2 Å². The molecule has 0 spiro atoms. The summed E-state index contributed by atoms with van der Waals surface area (Å²) >= 11 is 2.03. The number of carbonyl (C=O) groups is 1. The number of hydrogen-bond acceptors (Lipinski definition) is 4. The molecular weight excluding hydrogens is 475 g/mol. The van der Waals surface area contributed by atoms with Gasteiger partial charge in [0.1, 0.15) is 12.4 Å². The van der Waals surface area contributed by atoms with Crippen molar-refractivity contribution in [2.24, 2.45) is 4.99 Å². The molecule has 1 unspecified atom stereocenters. The van der Waals surface area contributed by atoms with Gasteiger partial charge < -0.3 is 20.7 Å². The summed E-state index contributed by atoms with van der Waals surface area (Å²) in [7, 11) is 0. The molecule has 27 heavy (non-hydrogen) atoms. The number of anilines is 1. The number of hydrogen-bond donors (Lipinski definition) is 3. The van der Waals surface area contributed by atoms with Crippen molar-refractivity contribution in [3.63, 3.8) is 0 Å². The Bertz CT molecular complexity index is 651. The number of fused-ring (bicyclic) bond motifs is 1. The Morgan fingerprint density at radius 3 is 3.04 bits per heavy atom. The fourth-order valence-electron chi connectivity index (χ4n) is 3.11. The minimum Gasteiger partial charge on any atom is -0.492 e. The molecule has 1 fully saturated rings. The smallest absolute Gasteiger partial charge is 0.224 e. The molecule has 0 radical (unpaired) electrons. The van der Waals surface area contributed by atoms with Crippen LogP contribution < -0.4 is 20.7 Å². The molecule has 1 aromatic carbocycles. The van der Waals surface area contributed by atoms with E-state index in [4.69, 9.17) is 4.74 Å². The highest BCUT2D eigenvalue weighted by atomic mass is 127. The van der Waals surface area contributed by atoms with Gasteiger partial charge in [-0.25, -0.2) is 0 Å². The minimum atomic E-state index is 0. The molecule has 8 heteroatoms. The molecule has 2 aliphatic heterocycles.